The molecule has 1 N–H and O–H groups in total. The number of fused-ring (bicyclic) bond motifs is 1. The number of carbonyl (C=O) groups excluding carboxylic acids is 3. The molecule has 0 spiro atoms. The van der Waals surface area contributed by atoms with Crippen LogP contribution < -0.4 is 5.32 Å². The summed E-state index contributed by atoms with van der Waals surface area (Å²) in [6.07, 6.45) is 0. The molecule has 3 rings (SSSR count). The summed E-state index contributed by atoms with van der Waals surface area (Å²) >= 11 is 15.1. The minimum absolute atomic E-state index is 0.143. The first-order chi connectivity index (χ1) is 11.4. The Bertz CT molecular complexity index is 845. The van der Waals surface area contributed by atoms with Gasteiger partial charge in [0.15, 0.2) is 0 Å². The number of hydrogen-bond donors (Lipinski definition) is 1. The lowest BCUT2D eigenvalue weighted by Crippen LogP contribution is -2.37. The second-order valence-corrected chi connectivity index (χ2v) is 6.80. The molecule has 0 fully saturated rings. The third-order valence-electron chi connectivity index (χ3n) is 3.42. The monoisotopic (exact) mass is 426 g/mol. The van der Waals surface area contributed by atoms with Gasteiger partial charge in [-0.1, -0.05) is 45.2 Å². The van der Waals surface area contributed by atoms with Crippen molar-refractivity contribution >= 4 is 62.5 Å². The van der Waals surface area contributed by atoms with E-state index in [1.165, 1.54) is 12.1 Å². The average molecular weight is 428 g/mol. The second-order valence-electron chi connectivity index (χ2n) is 5.07. The summed E-state index contributed by atoms with van der Waals surface area (Å²) < 4.78 is 0.797. The molecule has 0 atom stereocenters. The number of nitrogens with zero attached hydrogens (tertiary/aromatic N) is 1. The molecule has 0 aliphatic carbocycles. The molecule has 0 aromatic heterocycles. The van der Waals surface area contributed by atoms with Crippen LogP contribution in [0.3, 0.4) is 0 Å². The summed E-state index contributed by atoms with van der Waals surface area (Å²) in [5.74, 6) is -1.63. The van der Waals surface area contributed by atoms with E-state index in [0.29, 0.717) is 5.69 Å². The molecule has 24 heavy (non-hydrogen) atoms. The fourth-order valence-electron chi connectivity index (χ4n) is 2.34. The Morgan fingerprint density at radius 1 is 1.04 bits per heavy atom. The van der Waals surface area contributed by atoms with E-state index in [9.17, 15) is 14.4 Å². The van der Waals surface area contributed by atoms with E-state index in [4.69, 9.17) is 23.2 Å². The van der Waals surface area contributed by atoms with Crippen LogP contribution in [0.25, 0.3) is 0 Å². The van der Waals surface area contributed by atoms with Gasteiger partial charge in [0, 0.05) is 10.2 Å². The van der Waals surface area contributed by atoms with Gasteiger partial charge in [-0.05, 0) is 30.3 Å². The average Bonchev–Trinajstić information content (AvgIpc) is 2.73. The van der Waals surface area contributed by atoms with Crippen molar-refractivity contribution < 1.29 is 14.4 Å². The molecule has 5 nitrogen and oxygen atoms in total. The van der Waals surface area contributed by atoms with Crippen molar-refractivity contribution in [2.75, 3.05) is 11.9 Å². The molecule has 0 saturated carbocycles. The van der Waals surface area contributed by atoms with E-state index >= 15 is 0 Å². The van der Waals surface area contributed by atoms with Crippen LogP contribution in [0, 0.1) is 0 Å². The van der Waals surface area contributed by atoms with E-state index in [2.05, 4.69) is 21.2 Å². The van der Waals surface area contributed by atoms with Crippen molar-refractivity contribution in [3.8, 4) is 0 Å². The highest BCUT2D eigenvalue weighted by Crippen LogP contribution is 2.31. The molecule has 8 heteroatoms. The zero-order chi connectivity index (χ0) is 17.4. The SMILES string of the molecule is O=C(CN1C(=O)c2cc(Cl)c(Cl)cc2C1=O)Nc1cccc(Br)c1. The second kappa shape index (κ2) is 6.55. The molecule has 0 bridgehead atoms. The number of halogens is 3. The number of carbonyl (C=O) groups is 3. The quantitative estimate of drug-likeness (QED) is 0.753. The molecule has 0 radical (unpaired) electrons. The number of hydrogen-bond acceptors (Lipinski definition) is 3. The number of amides is 3. The van der Waals surface area contributed by atoms with Crippen molar-refractivity contribution in [2.45, 2.75) is 0 Å². The van der Waals surface area contributed by atoms with Crippen molar-refractivity contribution in [1.29, 1.82) is 0 Å². The predicted molar refractivity (Wildman–Crippen MR) is 94.6 cm³/mol. The highest BCUT2D eigenvalue weighted by atomic mass is 79.9. The van der Waals surface area contributed by atoms with Gasteiger partial charge in [-0.15, -0.1) is 0 Å². The van der Waals surface area contributed by atoms with Crippen LogP contribution >= 0.6 is 39.1 Å². The summed E-state index contributed by atoms with van der Waals surface area (Å²) in [4.78, 5) is 37.7. The van der Waals surface area contributed by atoms with Crippen molar-refractivity contribution in [1.82, 2.24) is 4.90 Å². The van der Waals surface area contributed by atoms with Gasteiger partial charge in [0.25, 0.3) is 11.8 Å². The van der Waals surface area contributed by atoms with Gasteiger partial charge in [0.05, 0.1) is 21.2 Å². The highest BCUT2D eigenvalue weighted by molar-refractivity contribution is 9.10. The number of benzene rings is 2. The molecule has 3 amide bonds. The van der Waals surface area contributed by atoms with E-state index in [0.717, 1.165) is 9.37 Å². The fraction of sp³-hybridized carbons (Fsp3) is 0.0625. The Labute approximate surface area is 155 Å². The van der Waals surface area contributed by atoms with Gasteiger partial charge in [-0.3, -0.25) is 19.3 Å². The van der Waals surface area contributed by atoms with Gasteiger partial charge in [-0.25, -0.2) is 0 Å². The topological polar surface area (TPSA) is 66.5 Å². The first-order valence-electron chi connectivity index (χ1n) is 6.77. The van der Waals surface area contributed by atoms with Gasteiger partial charge >= 0.3 is 0 Å². The summed E-state index contributed by atoms with van der Waals surface area (Å²) in [7, 11) is 0. The van der Waals surface area contributed by atoms with Crippen molar-refractivity contribution in [3.63, 3.8) is 0 Å². The smallest absolute Gasteiger partial charge is 0.262 e. The van der Waals surface area contributed by atoms with E-state index < -0.39 is 24.3 Å². The summed E-state index contributed by atoms with van der Waals surface area (Å²) in [6, 6.07) is 9.65. The van der Waals surface area contributed by atoms with Gasteiger partial charge in [0.1, 0.15) is 6.54 Å². The van der Waals surface area contributed by atoms with Crippen molar-refractivity contribution in [2.24, 2.45) is 0 Å². The maximum absolute atomic E-state index is 12.3. The highest BCUT2D eigenvalue weighted by Gasteiger charge is 2.37. The maximum Gasteiger partial charge on any atom is 0.262 e. The van der Waals surface area contributed by atoms with Crippen molar-refractivity contribution in [3.05, 3.63) is 62.0 Å². The van der Waals surface area contributed by atoms with Crippen LogP contribution in [0.4, 0.5) is 5.69 Å². The third kappa shape index (κ3) is 3.17. The van der Waals surface area contributed by atoms with Crippen LogP contribution in [-0.4, -0.2) is 29.2 Å². The summed E-state index contributed by atoms with van der Waals surface area (Å²) in [6.45, 7) is -0.395. The lowest BCUT2D eigenvalue weighted by molar-refractivity contribution is -0.116. The number of anilines is 1. The zero-order valence-corrected chi connectivity index (χ0v) is 15.1. The zero-order valence-electron chi connectivity index (χ0n) is 12.0. The van der Waals surface area contributed by atoms with Gasteiger partial charge in [0.2, 0.25) is 5.91 Å². The molecule has 0 unspecified atom stereocenters. The Kier molecular flexibility index (Phi) is 4.62. The standard InChI is InChI=1S/C16H9BrCl2N2O3/c17-8-2-1-3-9(4-8)20-14(22)7-21-15(23)10-5-12(18)13(19)6-11(10)16(21)24/h1-6H,7H2,(H,20,22). The van der Waals surface area contributed by atoms with Crippen LogP contribution in [0.15, 0.2) is 40.9 Å². The molecular formula is C16H9BrCl2N2O3. The van der Waals surface area contributed by atoms with Crippen LogP contribution in [-0.2, 0) is 4.79 Å². The number of nitrogens with one attached hydrogen (secondary N) is 1. The summed E-state index contributed by atoms with van der Waals surface area (Å²) in [5, 5.41) is 2.99. The molecule has 1 aliphatic heterocycles. The van der Waals surface area contributed by atoms with E-state index in [1.807, 2.05) is 6.07 Å². The molecule has 2 aromatic rings. The van der Waals surface area contributed by atoms with Crippen LogP contribution in [0.5, 0.6) is 0 Å². The number of rotatable bonds is 3. The lowest BCUT2D eigenvalue weighted by atomic mass is 10.1. The molecular weight excluding hydrogens is 419 g/mol. The largest absolute Gasteiger partial charge is 0.324 e. The first kappa shape index (κ1) is 17.0. The Morgan fingerprint density at radius 3 is 2.17 bits per heavy atom. The Morgan fingerprint density at radius 2 is 1.62 bits per heavy atom. The molecule has 1 heterocycles. The number of imide groups is 1. The van der Waals surface area contributed by atoms with Gasteiger partial charge in [-0.2, -0.15) is 0 Å². The molecule has 1 aliphatic rings. The third-order valence-corrected chi connectivity index (χ3v) is 4.64. The van der Waals surface area contributed by atoms with E-state index in [-0.39, 0.29) is 21.2 Å². The van der Waals surface area contributed by atoms with E-state index in [1.54, 1.807) is 18.2 Å². The minimum atomic E-state index is -0.571. The minimum Gasteiger partial charge on any atom is -0.324 e. The maximum atomic E-state index is 12.3. The molecule has 122 valence electrons. The van der Waals surface area contributed by atoms with Crippen LogP contribution in [0.1, 0.15) is 20.7 Å². The van der Waals surface area contributed by atoms with Crippen LogP contribution in [0.2, 0.25) is 10.0 Å². The Hall–Kier alpha value is -1.89. The molecule has 0 saturated heterocycles. The first-order valence-corrected chi connectivity index (χ1v) is 8.32. The van der Waals surface area contributed by atoms with Gasteiger partial charge < -0.3 is 5.32 Å². The Balaban J connectivity index is 1.78. The molecule has 2 aromatic carbocycles. The fourth-order valence-corrected chi connectivity index (χ4v) is 3.06. The predicted octanol–water partition coefficient (Wildman–Crippen LogP) is 3.99. The summed E-state index contributed by atoms with van der Waals surface area (Å²) in [5.41, 5.74) is 0.839. The normalized spacial score (nSPS) is 13.2. The lowest BCUT2D eigenvalue weighted by Gasteiger charge is -2.13.